The summed E-state index contributed by atoms with van der Waals surface area (Å²) in [7, 11) is 0. The van der Waals surface area contributed by atoms with E-state index in [0.717, 1.165) is 104 Å². The Bertz CT molecular complexity index is 2000. The molecule has 0 aliphatic rings. The second-order valence-electron chi connectivity index (χ2n) is 13.8. The number of unbranched alkanes of at least 4 members (excludes halogenated alkanes) is 8. The van der Waals surface area contributed by atoms with Crippen LogP contribution in [0, 0.1) is 13.8 Å². The van der Waals surface area contributed by atoms with Gasteiger partial charge in [-0.15, -0.1) is 0 Å². The van der Waals surface area contributed by atoms with Gasteiger partial charge >= 0.3 is 11.9 Å². The molecule has 0 N–H and O–H groups in total. The second-order valence-corrected chi connectivity index (χ2v) is 13.8. The van der Waals surface area contributed by atoms with E-state index in [0.29, 0.717) is 24.3 Å². The van der Waals surface area contributed by atoms with Crippen molar-refractivity contribution in [2.45, 2.75) is 105 Å². The lowest BCUT2D eigenvalue weighted by Gasteiger charge is -2.22. The third-order valence-electron chi connectivity index (χ3n) is 10.1. The van der Waals surface area contributed by atoms with Gasteiger partial charge in [0, 0.05) is 34.4 Å². The molecule has 0 saturated heterocycles. The molecule has 4 nitrogen and oxygen atoms in total. The van der Waals surface area contributed by atoms with Gasteiger partial charge < -0.3 is 9.47 Å². The van der Waals surface area contributed by atoms with Crippen molar-refractivity contribution >= 4 is 55.0 Å². The minimum atomic E-state index is -0.188. The minimum absolute atomic E-state index is 0.188. The van der Waals surface area contributed by atoms with E-state index in [1.165, 1.54) is 25.7 Å². The Morgan fingerprint density at radius 1 is 0.440 bits per heavy atom. The Kier molecular flexibility index (Phi) is 11.5. The third-order valence-corrected chi connectivity index (χ3v) is 10.1. The molecule has 0 unspecified atom stereocenters. The Morgan fingerprint density at radius 3 is 1.20 bits per heavy atom. The van der Waals surface area contributed by atoms with Gasteiger partial charge in [-0.2, -0.15) is 0 Å². The Balaban J connectivity index is 1.55. The summed E-state index contributed by atoms with van der Waals surface area (Å²) in [6.07, 6.45) is 11.5. The number of hydrogen-bond donors (Lipinski definition) is 0. The first-order valence-electron chi connectivity index (χ1n) is 18.7. The average molecular weight is 667 g/mol. The molecule has 0 aliphatic carbocycles. The van der Waals surface area contributed by atoms with E-state index in [4.69, 9.17) is 9.47 Å². The lowest BCUT2D eigenvalue weighted by molar-refractivity contribution is -0.135. The molecule has 0 heterocycles. The van der Waals surface area contributed by atoms with Crippen molar-refractivity contribution in [3.63, 3.8) is 0 Å². The maximum Gasteiger partial charge on any atom is 0.311 e. The molecule has 4 heteroatoms. The van der Waals surface area contributed by atoms with E-state index < -0.39 is 0 Å². The van der Waals surface area contributed by atoms with Crippen molar-refractivity contribution in [1.82, 2.24) is 0 Å². The smallest absolute Gasteiger partial charge is 0.311 e. The Labute approximate surface area is 296 Å². The number of fused-ring (bicyclic) bond motifs is 4. The van der Waals surface area contributed by atoms with E-state index in [1.807, 2.05) is 12.1 Å². The highest BCUT2D eigenvalue weighted by Gasteiger charge is 2.25. The van der Waals surface area contributed by atoms with Crippen molar-refractivity contribution in [1.29, 1.82) is 0 Å². The van der Waals surface area contributed by atoms with Crippen LogP contribution in [0.3, 0.4) is 0 Å². The van der Waals surface area contributed by atoms with Crippen LogP contribution < -0.4 is 9.47 Å². The van der Waals surface area contributed by atoms with Gasteiger partial charge in [0.25, 0.3) is 0 Å². The fraction of sp³-hybridized carbons (Fsp3) is 0.348. The van der Waals surface area contributed by atoms with Gasteiger partial charge in [0.2, 0.25) is 0 Å². The molecular weight excluding hydrogens is 617 g/mol. The summed E-state index contributed by atoms with van der Waals surface area (Å²) in [5.74, 6) is 0.884. The largest absolute Gasteiger partial charge is 0.425 e. The molecule has 0 saturated carbocycles. The summed E-state index contributed by atoms with van der Waals surface area (Å²) >= 11 is 0. The van der Waals surface area contributed by atoms with Gasteiger partial charge in [0.05, 0.1) is 0 Å². The lowest BCUT2D eigenvalue weighted by Crippen LogP contribution is -2.09. The molecule has 6 aromatic carbocycles. The van der Waals surface area contributed by atoms with Crippen LogP contribution in [0.4, 0.5) is 0 Å². The summed E-state index contributed by atoms with van der Waals surface area (Å²) in [5, 5.41) is 7.80. The van der Waals surface area contributed by atoms with E-state index in [1.54, 1.807) is 0 Å². The lowest BCUT2D eigenvalue weighted by atomic mass is 9.84. The first kappa shape index (κ1) is 35.1. The van der Waals surface area contributed by atoms with Crippen LogP contribution in [0.5, 0.6) is 11.5 Å². The summed E-state index contributed by atoms with van der Waals surface area (Å²) in [6, 6.07) is 29.2. The highest BCUT2D eigenvalue weighted by atomic mass is 16.5. The van der Waals surface area contributed by atoms with E-state index in [2.05, 4.69) is 100 Å². The number of carbonyl (C=O) groups is 2. The van der Waals surface area contributed by atoms with Crippen LogP contribution >= 0.6 is 0 Å². The molecule has 6 aromatic rings. The van der Waals surface area contributed by atoms with Crippen LogP contribution in [0.25, 0.3) is 54.2 Å². The van der Waals surface area contributed by atoms with Gasteiger partial charge in [-0.05, 0) is 70.5 Å². The van der Waals surface area contributed by atoms with Crippen LogP contribution in [-0.2, 0) is 9.59 Å². The highest BCUT2D eigenvalue weighted by molar-refractivity contribution is 6.27. The zero-order chi connectivity index (χ0) is 35.0. The number of esters is 2. The normalized spacial score (nSPS) is 11.5. The van der Waals surface area contributed by atoms with Crippen LogP contribution in [-0.4, -0.2) is 11.9 Å². The topological polar surface area (TPSA) is 52.6 Å². The van der Waals surface area contributed by atoms with Gasteiger partial charge in [0.1, 0.15) is 11.5 Å². The van der Waals surface area contributed by atoms with Gasteiger partial charge in [-0.3, -0.25) is 9.59 Å². The Morgan fingerprint density at radius 2 is 0.800 bits per heavy atom. The predicted molar refractivity (Wildman–Crippen MR) is 209 cm³/mol. The molecule has 0 amide bonds. The van der Waals surface area contributed by atoms with Gasteiger partial charge in [0.15, 0.2) is 0 Å². The fourth-order valence-corrected chi connectivity index (χ4v) is 7.54. The quantitative estimate of drug-likeness (QED) is 0.0474. The molecule has 0 aromatic heterocycles. The monoisotopic (exact) mass is 666 g/mol. The molecule has 0 spiro atoms. The van der Waals surface area contributed by atoms with Crippen molar-refractivity contribution in [2.24, 2.45) is 0 Å². The number of carbonyl (C=O) groups excluding carboxylic acids is 2. The SMILES string of the molecule is CCCCCCCC(=O)Oc1c2ccccc2c(-c2c3ccccc3c(OC(=O)CCCCCCC)c3c(C)cccc23)c2cccc(C)c12. The number of rotatable bonds is 15. The second kappa shape index (κ2) is 16.3. The molecule has 0 bridgehead atoms. The van der Waals surface area contributed by atoms with E-state index in [-0.39, 0.29) is 11.9 Å². The van der Waals surface area contributed by atoms with E-state index in [9.17, 15) is 9.59 Å². The molecule has 0 atom stereocenters. The van der Waals surface area contributed by atoms with Crippen molar-refractivity contribution in [3.05, 3.63) is 96.1 Å². The molecule has 0 fully saturated rings. The number of ether oxygens (including phenoxy) is 2. The predicted octanol–water partition coefficient (Wildman–Crippen LogP) is 13.1. The zero-order valence-electron chi connectivity index (χ0n) is 30.2. The average Bonchev–Trinajstić information content (AvgIpc) is 3.12. The number of hydrogen-bond acceptors (Lipinski definition) is 4. The zero-order valence-corrected chi connectivity index (χ0v) is 30.2. The third kappa shape index (κ3) is 7.26. The van der Waals surface area contributed by atoms with Gasteiger partial charge in [-0.1, -0.05) is 150 Å². The molecule has 0 radical (unpaired) electrons. The van der Waals surface area contributed by atoms with Crippen molar-refractivity contribution in [3.8, 4) is 22.6 Å². The molecular formula is C46H50O4. The molecule has 6 rings (SSSR count). The van der Waals surface area contributed by atoms with Crippen molar-refractivity contribution in [2.75, 3.05) is 0 Å². The maximum absolute atomic E-state index is 13.4. The van der Waals surface area contributed by atoms with Crippen LogP contribution in [0.1, 0.15) is 102 Å². The van der Waals surface area contributed by atoms with Crippen molar-refractivity contribution < 1.29 is 19.1 Å². The highest BCUT2D eigenvalue weighted by Crippen LogP contribution is 2.51. The first-order valence-corrected chi connectivity index (χ1v) is 18.7. The first-order chi connectivity index (χ1) is 24.4. The van der Waals surface area contributed by atoms with Crippen LogP contribution in [0.2, 0.25) is 0 Å². The standard InChI is InChI=1S/C46H50O4/c1-5-7-9-11-13-29-39(47)49-45-35-25-17-15-23-33(35)43(37-27-19-21-31(3)41(37)45)44-34-24-16-18-26-36(34)46(42-32(4)22-20-28-38(42)44)50-40(48)30-14-12-10-8-6-2/h15-28H,5-14,29-30H2,1-4H3. The summed E-state index contributed by atoms with van der Waals surface area (Å²) in [5.41, 5.74) is 4.27. The fourth-order valence-electron chi connectivity index (χ4n) is 7.54. The molecule has 50 heavy (non-hydrogen) atoms. The minimum Gasteiger partial charge on any atom is -0.425 e. The van der Waals surface area contributed by atoms with Crippen LogP contribution in [0.15, 0.2) is 84.9 Å². The number of benzene rings is 6. The van der Waals surface area contributed by atoms with E-state index >= 15 is 0 Å². The summed E-state index contributed by atoms with van der Waals surface area (Å²) in [4.78, 5) is 26.7. The maximum atomic E-state index is 13.4. The molecule has 258 valence electrons. The molecule has 0 aliphatic heterocycles. The number of aryl methyl sites for hydroxylation is 2. The van der Waals surface area contributed by atoms with Gasteiger partial charge in [-0.25, -0.2) is 0 Å². The Hall–Kier alpha value is -4.70. The summed E-state index contributed by atoms with van der Waals surface area (Å²) < 4.78 is 12.7. The summed E-state index contributed by atoms with van der Waals surface area (Å²) in [6.45, 7) is 8.58.